The fourth-order valence-corrected chi connectivity index (χ4v) is 3.95. The Morgan fingerprint density at radius 2 is 1.67 bits per heavy atom. The van der Waals surface area contributed by atoms with Gasteiger partial charge in [-0.15, -0.1) is 0 Å². The molecule has 1 aliphatic rings. The summed E-state index contributed by atoms with van der Waals surface area (Å²) in [5.41, 5.74) is 7.17. The third kappa shape index (κ3) is 4.65. The minimum absolute atomic E-state index is 0.109. The molecule has 11 heteroatoms. The Bertz CT molecular complexity index is 1040. The predicted molar refractivity (Wildman–Crippen MR) is 110 cm³/mol. The lowest BCUT2D eigenvalue weighted by atomic mass is 10.0. The van der Waals surface area contributed by atoms with Gasteiger partial charge in [-0.05, 0) is 36.2 Å². The van der Waals surface area contributed by atoms with E-state index in [1.54, 1.807) is 24.3 Å². The van der Waals surface area contributed by atoms with Gasteiger partial charge in [0.15, 0.2) is 11.5 Å². The first-order chi connectivity index (χ1) is 14.3. The Hall–Kier alpha value is -2.86. The summed E-state index contributed by atoms with van der Waals surface area (Å²) in [7, 11) is 0.461. The smallest absolute Gasteiger partial charge is 0.242 e. The highest BCUT2D eigenvalue weighted by Gasteiger charge is 2.31. The van der Waals surface area contributed by atoms with Crippen molar-refractivity contribution in [3.8, 4) is 17.2 Å². The van der Waals surface area contributed by atoms with Crippen LogP contribution in [0.2, 0.25) is 0 Å². The first-order valence-electron chi connectivity index (χ1n) is 9.01. The van der Waals surface area contributed by atoms with Gasteiger partial charge in [-0.2, -0.15) is 0 Å². The average Bonchev–Trinajstić information content (AvgIpc) is 3.23. The molecule has 5 N–H and O–H groups in total. The summed E-state index contributed by atoms with van der Waals surface area (Å²) in [5.74, 6) is 0.966. The van der Waals surface area contributed by atoms with Gasteiger partial charge in [0.25, 0.3) is 0 Å². The van der Waals surface area contributed by atoms with Gasteiger partial charge in [0.1, 0.15) is 16.7 Å². The number of amides is 1. The SMILES string of the molecule is COc1ccc(NC(=O)C2CC(c3ccc(OC)c(S(N)(=O)=O)c3)NN2)cc1OC. The summed E-state index contributed by atoms with van der Waals surface area (Å²) < 4.78 is 39.2. The lowest BCUT2D eigenvalue weighted by molar-refractivity contribution is -0.117. The molecule has 1 fully saturated rings. The number of ether oxygens (including phenoxy) is 3. The Balaban J connectivity index is 1.72. The van der Waals surface area contributed by atoms with Crippen molar-refractivity contribution in [1.82, 2.24) is 10.9 Å². The second kappa shape index (κ2) is 8.88. The van der Waals surface area contributed by atoms with E-state index in [-0.39, 0.29) is 22.6 Å². The molecule has 1 saturated heterocycles. The van der Waals surface area contributed by atoms with Crippen molar-refractivity contribution in [3.63, 3.8) is 0 Å². The maximum atomic E-state index is 12.7. The van der Waals surface area contributed by atoms with E-state index in [9.17, 15) is 13.2 Å². The fraction of sp³-hybridized carbons (Fsp3) is 0.316. The van der Waals surface area contributed by atoms with Crippen molar-refractivity contribution in [2.75, 3.05) is 26.6 Å². The number of nitrogens with one attached hydrogen (secondary N) is 3. The highest BCUT2D eigenvalue weighted by Crippen LogP contribution is 2.31. The zero-order valence-electron chi connectivity index (χ0n) is 16.8. The number of anilines is 1. The van der Waals surface area contributed by atoms with Crippen LogP contribution in [0.4, 0.5) is 5.69 Å². The van der Waals surface area contributed by atoms with Crippen LogP contribution >= 0.6 is 0 Å². The van der Waals surface area contributed by atoms with Crippen molar-refractivity contribution in [3.05, 3.63) is 42.0 Å². The average molecular weight is 436 g/mol. The molecule has 1 heterocycles. The van der Waals surface area contributed by atoms with Gasteiger partial charge < -0.3 is 19.5 Å². The van der Waals surface area contributed by atoms with Crippen LogP contribution < -0.4 is 35.5 Å². The molecule has 2 aromatic carbocycles. The monoisotopic (exact) mass is 436 g/mol. The van der Waals surface area contributed by atoms with E-state index in [2.05, 4.69) is 16.2 Å². The van der Waals surface area contributed by atoms with Crippen molar-refractivity contribution >= 4 is 21.6 Å². The summed E-state index contributed by atoms with van der Waals surface area (Å²) in [6, 6.07) is 8.95. The molecule has 2 atom stereocenters. The van der Waals surface area contributed by atoms with Crippen LogP contribution in [-0.2, 0) is 14.8 Å². The van der Waals surface area contributed by atoms with Crippen molar-refractivity contribution in [1.29, 1.82) is 0 Å². The molecule has 0 spiro atoms. The fourth-order valence-electron chi connectivity index (χ4n) is 3.22. The van der Waals surface area contributed by atoms with E-state index in [0.29, 0.717) is 29.2 Å². The van der Waals surface area contributed by atoms with Crippen molar-refractivity contribution < 1.29 is 27.4 Å². The number of methoxy groups -OCH3 is 3. The standard InChI is InChI=1S/C19H24N4O6S/c1-27-15-7-5-12(9-17(15)29-3)21-19(24)14-10-13(22-23-14)11-4-6-16(28-2)18(8-11)30(20,25)26/h4-9,13-14,22-23H,10H2,1-3H3,(H,21,24)(H2,20,25,26). The zero-order chi connectivity index (χ0) is 21.9. The van der Waals surface area contributed by atoms with Gasteiger partial charge in [-0.1, -0.05) is 6.07 Å². The van der Waals surface area contributed by atoms with Gasteiger partial charge in [0.2, 0.25) is 15.9 Å². The zero-order valence-corrected chi connectivity index (χ0v) is 17.6. The molecule has 162 valence electrons. The summed E-state index contributed by atoms with van der Waals surface area (Å²) in [6.07, 6.45) is 0.398. The number of nitrogens with two attached hydrogens (primary N) is 1. The summed E-state index contributed by atoms with van der Waals surface area (Å²) in [4.78, 5) is 12.5. The van der Waals surface area contributed by atoms with Crippen LogP contribution in [0.3, 0.4) is 0 Å². The number of rotatable bonds is 7. The second-order valence-electron chi connectivity index (χ2n) is 6.64. The molecule has 1 aliphatic heterocycles. The van der Waals surface area contributed by atoms with Crippen LogP contribution in [-0.4, -0.2) is 41.7 Å². The molecular weight excluding hydrogens is 412 g/mol. The highest BCUT2D eigenvalue weighted by atomic mass is 32.2. The lowest BCUT2D eigenvalue weighted by Crippen LogP contribution is -2.39. The molecule has 2 aromatic rings. The normalized spacial score (nSPS) is 18.7. The molecule has 3 rings (SSSR count). The topological polar surface area (TPSA) is 141 Å². The molecular formula is C19H24N4O6S. The van der Waals surface area contributed by atoms with Crippen LogP contribution in [0.15, 0.2) is 41.3 Å². The Kier molecular flexibility index (Phi) is 6.46. The summed E-state index contributed by atoms with van der Waals surface area (Å²) in [6.45, 7) is 0. The summed E-state index contributed by atoms with van der Waals surface area (Å²) >= 11 is 0. The quantitative estimate of drug-likeness (QED) is 0.502. The molecule has 0 bridgehead atoms. The first kappa shape index (κ1) is 21.8. The van der Waals surface area contributed by atoms with Crippen LogP contribution in [0, 0.1) is 0 Å². The van der Waals surface area contributed by atoms with Crippen molar-refractivity contribution in [2.45, 2.75) is 23.4 Å². The molecule has 1 amide bonds. The third-order valence-corrected chi connectivity index (χ3v) is 5.70. The Morgan fingerprint density at radius 3 is 2.30 bits per heavy atom. The second-order valence-corrected chi connectivity index (χ2v) is 8.17. The number of hydrazine groups is 1. The summed E-state index contributed by atoms with van der Waals surface area (Å²) in [5, 5.41) is 8.10. The maximum Gasteiger partial charge on any atom is 0.242 e. The Labute approximate surface area is 174 Å². The Morgan fingerprint density at radius 1 is 1.00 bits per heavy atom. The number of primary sulfonamides is 1. The van der Waals surface area contributed by atoms with Gasteiger partial charge in [0, 0.05) is 17.8 Å². The molecule has 30 heavy (non-hydrogen) atoms. The predicted octanol–water partition coefficient (Wildman–Crippen LogP) is 0.906. The molecule has 0 saturated carbocycles. The number of carbonyl (C=O) groups is 1. The minimum Gasteiger partial charge on any atom is -0.495 e. The van der Waals surface area contributed by atoms with E-state index < -0.39 is 16.1 Å². The van der Waals surface area contributed by atoms with Crippen LogP contribution in [0.25, 0.3) is 0 Å². The molecule has 0 aromatic heterocycles. The molecule has 10 nitrogen and oxygen atoms in total. The third-order valence-electron chi connectivity index (χ3n) is 4.77. The number of benzene rings is 2. The number of sulfonamides is 1. The van der Waals surface area contributed by atoms with E-state index in [4.69, 9.17) is 19.3 Å². The number of hydrogen-bond donors (Lipinski definition) is 4. The molecule has 2 unspecified atom stereocenters. The van der Waals surface area contributed by atoms with Gasteiger partial charge in [0.05, 0.1) is 21.3 Å². The van der Waals surface area contributed by atoms with E-state index in [0.717, 1.165) is 0 Å². The van der Waals surface area contributed by atoms with Gasteiger partial charge in [-0.3, -0.25) is 4.79 Å². The van der Waals surface area contributed by atoms with Crippen molar-refractivity contribution in [2.24, 2.45) is 5.14 Å². The van der Waals surface area contributed by atoms with Gasteiger partial charge in [-0.25, -0.2) is 24.4 Å². The highest BCUT2D eigenvalue weighted by molar-refractivity contribution is 7.89. The van der Waals surface area contributed by atoms with Crippen LogP contribution in [0.1, 0.15) is 18.0 Å². The first-order valence-corrected chi connectivity index (χ1v) is 10.6. The number of hydrogen-bond acceptors (Lipinski definition) is 8. The van der Waals surface area contributed by atoms with Gasteiger partial charge >= 0.3 is 0 Å². The van der Waals surface area contributed by atoms with E-state index >= 15 is 0 Å². The lowest BCUT2D eigenvalue weighted by Gasteiger charge is -2.14. The van der Waals surface area contributed by atoms with Crippen LogP contribution in [0.5, 0.6) is 17.2 Å². The largest absolute Gasteiger partial charge is 0.495 e. The number of carbonyl (C=O) groups excluding carboxylic acids is 1. The molecule has 0 aliphatic carbocycles. The van der Waals surface area contributed by atoms with E-state index in [1.807, 2.05) is 0 Å². The minimum atomic E-state index is -3.96. The van der Waals surface area contributed by atoms with E-state index in [1.165, 1.54) is 33.5 Å². The molecule has 0 radical (unpaired) electrons. The maximum absolute atomic E-state index is 12.7.